The van der Waals surface area contributed by atoms with Gasteiger partial charge in [-0.25, -0.2) is 4.79 Å². The third kappa shape index (κ3) is 8.16. The number of hydrogen-bond donors (Lipinski definition) is 2. The fraction of sp³-hybridized carbons (Fsp3) is 0.750. The summed E-state index contributed by atoms with van der Waals surface area (Å²) >= 11 is 0. The van der Waals surface area contributed by atoms with Crippen molar-refractivity contribution in [3.63, 3.8) is 0 Å². The molecule has 0 unspecified atom stereocenters. The van der Waals surface area contributed by atoms with Gasteiger partial charge in [0.2, 0.25) is 5.91 Å². The Morgan fingerprint density at radius 3 is 2.48 bits per heavy atom. The predicted octanol–water partition coefficient (Wildman–Crippen LogP) is 2.22. The van der Waals surface area contributed by atoms with Gasteiger partial charge in [-0.3, -0.25) is 9.00 Å². The number of carbonyl (C=O) groups excluding carboxylic acids is 2. The number of ether oxygens (including phenoxy) is 1. The van der Waals surface area contributed by atoms with E-state index in [0.29, 0.717) is 30.7 Å². The van der Waals surface area contributed by atoms with E-state index in [9.17, 15) is 13.8 Å². The first-order chi connectivity index (χ1) is 10.5. The Balaban J connectivity index is 2.42. The lowest BCUT2D eigenvalue weighted by atomic mass is 9.99. The Labute approximate surface area is 140 Å². The largest absolute Gasteiger partial charge is 0.444 e. The Morgan fingerprint density at radius 1 is 1.26 bits per heavy atom. The maximum atomic E-state index is 12.2. The van der Waals surface area contributed by atoms with E-state index in [0.717, 1.165) is 6.42 Å². The standard InChI is InChI=1S/C16H28N2O4S/c1-15(2,3)22-14(20)17-9-8-16(4,5)18-13(19)12-7-6-10-23(21)11-12/h11H,6-10H2,1-5H3,(H,17,20)(H,18,19)/t23-/m1/s1. The lowest BCUT2D eigenvalue weighted by Crippen LogP contribution is -2.46. The molecule has 0 saturated heterocycles. The highest BCUT2D eigenvalue weighted by molar-refractivity contribution is 7.88. The molecule has 0 saturated carbocycles. The summed E-state index contributed by atoms with van der Waals surface area (Å²) in [6, 6.07) is 0. The summed E-state index contributed by atoms with van der Waals surface area (Å²) in [6.07, 6.45) is 1.52. The van der Waals surface area contributed by atoms with Gasteiger partial charge >= 0.3 is 6.09 Å². The highest BCUT2D eigenvalue weighted by Gasteiger charge is 2.24. The van der Waals surface area contributed by atoms with Gasteiger partial charge < -0.3 is 15.4 Å². The molecule has 0 bridgehead atoms. The maximum Gasteiger partial charge on any atom is 0.407 e. The third-order valence-corrected chi connectivity index (χ3v) is 4.47. The van der Waals surface area contributed by atoms with Crippen molar-refractivity contribution >= 4 is 22.8 Å². The third-order valence-electron chi connectivity index (χ3n) is 3.23. The molecule has 1 atom stereocenters. The molecule has 1 heterocycles. The fourth-order valence-corrected chi connectivity index (χ4v) is 3.18. The second kappa shape index (κ2) is 7.95. The quantitative estimate of drug-likeness (QED) is 0.801. The van der Waals surface area contributed by atoms with Crippen molar-refractivity contribution in [2.45, 2.75) is 65.0 Å². The summed E-state index contributed by atoms with van der Waals surface area (Å²) in [4.78, 5) is 23.8. The van der Waals surface area contributed by atoms with E-state index in [2.05, 4.69) is 10.6 Å². The zero-order valence-electron chi connectivity index (χ0n) is 14.7. The van der Waals surface area contributed by atoms with Gasteiger partial charge in [0, 0.05) is 39.6 Å². The van der Waals surface area contributed by atoms with Gasteiger partial charge in [0.25, 0.3) is 0 Å². The van der Waals surface area contributed by atoms with Crippen LogP contribution in [0, 0.1) is 0 Å². The Hall–Kier alpha value is -1.37. The SMILES string of the molecule is CC(C)(CCNC(=O)OC(C)(C)C)NC(=O)C1=C[S@](=O)CCC1. The van der Waals surface area contributed by atoms with E-state index in [1.165, 1.54) is 0 Å². The molecule has 0 aromatic rings. The first kappa shape index (κ1) is 19.7. The molecule has 1 aliphatic heterocycles. The van der Waals surface area contributed by atoms with Crippen molar-refractivity contribution in [3.05, 3.63) is 11.0 Å². The van der Waals surface area contributed by atoms with Crippen molar-refractivity contribution in [3.8, 4) is 0 Å². The molecule has 132 valence electrons. The normalized spacial score (nSPS) is 18.8. The molecule has 0 fully saturated rings. The average molecular weight is 344 g/mol. The Bertz CT molecular complexity index is 507. The molecule has 0 aliphatic carbocycles. The van der Waals surface area contributed by atoms with Crippen molar-refractivity contribution in [2.75, 3.05) is 12.3 Å². The van der Waals surface area contributed by atoms with Crippen LogP contribution in [0.3, 0.4) is 0 Å². The minimum atomic E-state index is -1.04. The van der Waals surface area contributed by atoms with Crippen LogP contribution in [0.15, 0.2) is 11.0 Å². The Morgan fingerprint density at radius 2 is 1.91 bits per heavy atom. The van der Waals surface area contributed by atoms with E-state index >= 15 is 0 Å². The van der Waals surface area contributed by atoms with Gasteiger partial charge in [-0.2, -0.15) is 0 Å². The second-order valence-corrected chi connectivity index (χ2v) is 8.75. The molecule has 23 heavy (non-hydrogen) atoms. The summed E-state index contributed by atoms with van der Waals surface area (Å²) in [5.74, 6) is 0.445. The molecule has 1 rings (SSSR count). The van der Waals surface area contributed by atoms with Crippen LogP contribution in [-0.4, -0.2) is 39.6 Å². The van der Waals surface area contributed by atoms with E-state index in [1.807, 2.05) is 13.8 Å². The number of carbonyl (C=O) groups is 2. The summed E-state index contributed by atoms with van der Waals surface area (Å²) in [7, 11) is -1.04. The minimum Gasteiger partial charge on any atom is -0.444 e. The number of alkyl carbamates (subject to hydrolysis) is 1. The first-order valence-electron chi connectivity index (χ1n) is 7.86. The summed E-state index contributed by atoms with van der Waals surface area (Å²) in [5, 5.41) is 7.16. The predicted molar refractivity (Wildman–Crippen MR) is 91.4 cm³/mol. The van der Waals surface area contributed by atoms with Crippen LogP contribution >= 0.6 is 0 Å². The molecule has 7 heteroatoms. The van der Waals surface area contributed by atoms with Crippen LogP contribution in [0.1, 0.15) is 53.9 Å². The Kier molecular flexibility index (Phi) is 6.80. The number of rotatable bonds is 5. The molecule has 2 N–H and O–H groups in total. The van der Waals surface area contributed by atoms with E-state index in [4.69, 9.17) is 4.74 Å². The zero-order chi connectivity index (χ0) is 17.7. The lowest BCUT2D eigenvalue weighted by molar-refractivity contribution is -0.119. The van der Waals surface area contributed by atoms with Crippen LogP contribution in [0.25, 0.3) is 0 Å². The average Bonchev–Trinajstić information content (AvgIpc) is 2.35. The highest BCUT2D eigenvalue weighted by Crippen LogP contribution is 2.16. The van der Waals surface area contributed by atoms with Gasteiger partial charge in [0.1, 0.15) is 5.60 Å². The van der Waals surface area contributed by atoms with Crippen LogP contribution < -0.4 is 10.6 Å². The zero-order valence-corrected chi connectivity index (χ0v) is 15.5. The smallest absolute Gasteiger partial charge is 0.407 e. The summed E-state index contributed by atoms with van der Waals surface area (Å²) < 4.78 is 16.7. The van der Waals surface area contributed by atoms with Gasteiger partial charge in [0.15, 0.2) is 0 Å². The van der Waals surface area contributed by atoms with Crippen LogP contribution in [0.2, 0.25) is 0 Å². The first-order valence-corrected chi connectivity index (χ1v) is 9.24. The van der Waals surface area contributed by atoms with Crippen molar-refractivity contribution < 1.29 is 18.5 Å². The van der Waals surface area contributed by atoms with Crippen molar-refractivity contribution in [1.29, 1.82) is 0 Å². The van der Waals surface area contributed by atoms with Gasteiger partial charge in [-0.1, -0.05) is 0 Å². The molecular weight excluding hydrogens is 316 g/mol. The number of hydrogen-bond acceptors (Lipinski definition) is 4. The molecule has 0 aromatic carbocycles. The second-order valence-electron chi connectivity index (χ2n) is 7.35. The minimum absolute atomic E-state index is 0.180. The molecule has 2 amide bonds. The van der Waals surface area contributed by atoms with E-state index < -0.39 is 28.0 Å². The van der Waals surface area contributed by atoms with Gasteiger partial charge in [-0.15, -0.1) is 0 Å². The summed E-state index contributed by atoms with van der Waals surface area (Å²) in [6.45, 7) is 9.59. The number of nitrogens with one attached hydrogen (secondary N) is 2. The van der Waals surface area contributed by atoms with E-state index in [-0.39, 0.29) is 5.91 Å². The van der Waals surface area contributed by atoms with Crippen LogP contribution in [0.4, 0.5) is 4.79 Å². The lowest BCUT2D eigenvalue weighted by Gasteiger charge is -2.28. The van der Waals surface area contributed by atoms with Crippen molar-refractivity contribution in [1.82, 2.24) is 10.6 Å². The van der Waals surface area contributed by atoms with Gasteiger partial charge in [0.05, 0.1) is 0 Å². The van der Waals surface area contributed by atoms with Crippen LogP contribution in [0.5, 0.6) is 0 Å². The fourth-order valence-electron chi connectivity index (χ4n) is 2.09. The van der Waals surface area contributed by atoms with Crippen molar-refractivity contribution in [2.24, 2.45) is 0 Å². The highest BCUT2D eigenvalue weighted by atomic mass is 32.2. The molecule has 0 spiro atoms. The number of amides is 2. The molecule has 0 aromatic heterocycles. The molecule has 6 nitrogen and oxygen atoms in total. The maximum absolute atomic E-state index is 12.2. The molecule has 1 aliphatic rings. The molecular formula is C16H28N2O4S. The van der Waals surface area contributed by atoms with Crippen LogP contribution in [-0.2, 0) is 20.3 Å². The van der Waals surface area contributed by atoms with Gasteiger partial charge in [-0.05, 0) is 53.9 Å². The summed E-state index contributed by atoms with van der Waals surface area (Å²) in [5.41, 5.74) is -0.425. The topological polar surface area (TPSA) is 84.5 Å². The monoisotopic (exact) mass is 344 g/mol. The molecule has 0 radical (unpaired) electrons. The van der Waals surface area contributed by atoms with E-state index in [1.54, 1.807) is 26.2 Å².